The first-order chi connectivity index (χ1) is 11.0. The molecule has 1 aromatic heterocycles. The Morgan fingerprint density at radius 3 is 2.61 bits per heavy atom. The second-order valence-corrected chi connectivity index (χ2v) is 5.02. The summed E-state index contributed by atoms with van der Waals surface area (Å²) in [5.41, 5.74) is 0.765. The van der Waals surface area contributed by atoms with Crippen LogP contribution in [0.1, 0.15) is 12.0 Å². The van der Waals surface area contributed by atoms with Crippen molar-refractivity contribution in [1.82, 2.24) is 9.78 Å². The minimum Gasteiger partial charge on any atom is -0.308 e. The van der Waals surface area contributed by atoms with Crippen molar-refractivity contribution >= 4 is 17.5 Å². The Morgan fingerprint density at radius 1 is 1.35 bits per heavy atom. The number of hydrogen-bond acceptors (Lipinski definition) is 4. The van der Waals surface area contributed by atoms with E-state index in [0.29, 0.717) is 6.42 Å². The molecule has 7 heteroatoms. The quantitative estimate of drug-likeness (QED) is 0.824. The topological polar surface area (TPSA) is 87.8 Å². The van der Waals surface area contributed by atoms with Crippen LogP contribution in [0.3, 0.4) is 0 Å². The first kappa shape index (κ1) is 16.4. The average molecular weight is 314 g/mol. The third kappa shape index (κ3) is 4.48. The largest absolute Gasteiger partial charge is 0.308 e. The number of nitriles is 1. The molecule has 1 amide bonds. The molecule has 2 aromatic rings. The number of hydrogen-bond donors (Lipinski definition) is 1. The number of aromatic nitrogens is 2. The van der Waals surface area contributed by atoms with Crippen molar-refractivity contribution in [2.24, 2.45) is 13.0 Å². The molecule has 118 valence electrons. The molecule has 23 heavy (non-hydrogen) atoms. The van der Waals surface area contributed by atoms with Crippen LogP contribution < -0.4 is 5.32 Å². The molecule has 2 rings (SSSR count). The lowest BCUT2D eigenvalue weighted by atomic mass is 9.98. The number of anilines is 1. The molecular weight excluding hydrogens is 299 g/mol. The molecule has 1 atom stereocenters. The van der Waals surface area contributed by atoms with Crippen LogP contribution in [0.15, 0.2) is 36.5 Å². The highest BCUT2D eigenvalue weighted by Gasteiger charge is 2.26. The van der Waals surface area contributed by atoms with Crippen molar-refractivity contribution in [2.45, 2.75) is 12.8 Å². The Hall–Kier alpha value is -3.01. The van der Waals surface area contributed by atoms with Gasteiger partial charge in [-0.05, 0) is 24.1 Å². The number of nitrogens with zero attached hydrogens (tertiary/aromatic N) is 3. The van der Waals surface area contributed by atoms with Crippen LogP contribution >= 0.6 is 0 Å². The van der Waals surface area contributed by atoms with E-state index in [1.54, 1.807) is 37.5 Å². The van der Waals surface area contributed by atoms with Gasteiger partial charge in [-0.2, -0.15) is 10.4 Å². The molecule has 0 unspecified atom stereocenters. The van der Waals surface area contributed by atoms with E-state index in [1.807, 2.05) is 0 Å². The fraction of sp³-hybridized carbons (Fsp3) is 0.250. The van der Waals surface area contributed by atoms with Crippen LogP contribution in [-0.2, 0) is 23.1 Å². The van der Waals surface area contributed by atoms with Crippen LogP contribution in [0.2, 0.25) is 0 Å². The van der Waals surface area contributed by atoms with Gasteiger partial charge in [-0.15, -0.1) is 0 Å². The Morgan fingerprint density at radius 2 is 2.04 bits per heavy atom. The highest BCUT2D eigenvalue weighted by molar-refractivity contribution is 6.09. The summed E-state index contributed by atoms with van der Waals surface area (Å²) in [4.78, 5) is 24.1. The lowest BCUT2D eigenvalue weighted by molar-refractivity contribution is -0.128. The summed E-state index contributed by atoms with van der Waals surface area (Å²) in [5.74, 6) is -2.65. The van der Waals surface area contributed by atoms with Gasteiger partial charge in [0.15, 0.2) is 17.5 Å². The first-order valence-electron chi connectivity index (χ1n) is 6.97. The summed E-state index contributed by atoms with van der Waals surface area (Å²) >= 11 is 0. The van der Waals surface area contributed by atoms with Crippen molar-refractivity contribution in [3.8, 4) is 6.07 Å². The van der Waals surface area contributed by atoms with E-state index >= 15 is 0 Å². The minimum absolute atomic E-state index is 0.0273. The third-order valence-electron chi connectivity index (χ3n) is 3.25. The molecule has 1 aromatic carbocycles. The number of benzene rings is 1. The van der Waals surface area contributed by atoms with Gasteiger partial charge >= 0.3 is 0 Å². The maximum absolute atomic E-state index is 12.8. The van der Waals surface area contributed by atoms with Crippen molar-refractivity contribution in [1.29, 1.82) is 5.26 Å². The molecule has 0 aliphatic heterocycles. The lowest BCUT2D eigenvalue weighted by Gasteiger charge is -2.08. The van der Waals surface area contributed by atoms with Gasteiger partial charge in [0.1, 0.15) is 5.82 Å². The number of aryl methyl sites for hydroxylation is 2. The predicted octanol–water partition coefficient (Wildman–Crippen LogP) is 1.84. The number of halogens is 1. The Kier molecular flexibility index (Phi) is 5.20. The van der Waals surface area contributed by atoms with Crippen LogP contribution in [0.5, 0.6) is 0 Å². The molecular formula is C16H15FN4O2. The number of Topliss-reactive ketones (excluding diaryl/α,β-unsaturated/α-hetero) is 1. The maximum Gasteiger partial charge on any atom is 0.250 e. The van der Waals surface area contributed by atoms with Crippen molar-refractivity contribution in [2.75, 3.05) is 5.32 Å². The summed E-state index contributed by atoms with van der Waals surface area (Å²) < 4.78 is 14.3. The monoisotopic (exact) mass is 314 g/mol. The molecule has 0 saturated heterocycles. The van der Waals surface area contributed by atoms with Crippen molar-refractivity contribution in [3.05, 3.63) is 47.9 Å². The van der Waals surface area contributed by atoms with E-state index in [1.165, 1.54) is 16.8 Å². The highest BCUT2D eigenvalue weighted by Crippen LogP contribution is 2.11. The zero-order valence-electron chi connectivity index (χ0n) is 12.5. The summed E-state index contributed by atoms with van der Waals surface area (Å²) in [7, 11) is 1.69. The van der Waals surface area contributed by atoms with E-state index in [4.69, 9.17) is 5.26 Å². The fourth-order valence-electron chi connectivity index (χ4n) is 2.02. The van der Waals surface area contributed by atoms with E-state index in [9.17, 15) is 14.0 Å². The molecule has 0 fully saturated rings. The maximum atomic E-state index is 12.8. The fourth-order valence-corrected chi connectivity index (χ4v) is 2.02. The Bertz CT molecular complexity index is 746. The molecule has 0 radical (unpaired) electrons. The number of ketones is 1. The standard InChI is InChI=1S/C16H15FN4O2/c1-21-9-8-15(20-21)19-16(23)13(10-18)14(22)7-4-11-2-5-12(17)6-3-11/h2-3,5-6,8-9,13H,4,7H2,1H3,(H,19,20,23)/t13-/m1/s1. The molecule has 0 spiro atoms. The third-order valence-corrected chi connectivity index (χ3v) is 3.25. The molecule has 0 aliphatic rings. The van der Waals surface area contributed by atoms with Crippen molar-refractivity contribution in [3.63, 3.8) is 0 Å². The van der Waals surface area contributed by atoms with Crippen LogP contribution in [0.4, 0.5) is 10.2 Å². The molecule has 1 N–H and O–H groups in total. The van der Waals surface area contributed by atoms with Gasteiger partial charge in [-0.3, -0.25) is 14.3 Å². The highest BCUT2D eigenvalue weighted by atomic mass is 19.1. The van der Waals surface area contributed by atoms with Gasteiger partial charge in [0.25, 0.3) is 5.91 Å². The van der Waals surface area contributed by atoms with E-state index in [0.717, 1.165) is 5.56 Å². The van der Waals surface area contributed by atoms with Crippen LogP contribution in [-0.4, -0.2) is 21.5 Å². The van der Waals surface area contributed by atoms with Gasteiger partial charge in [-0.25, -0.2) is 4.39 Å². The average Bonchev–Trinajstić information content (AvgIpc) is 2.92. The Labute approximate surface area is 132 Å². The number of carbonyl (C=O) groups is 2. The molecule has 0 aliphatic carbocycles. The van der Waals surface area contributed by atoms with Gasteiger partial charge in [-0.1, -0.05) is 12.1 Å². The van der Waals surface area contributed by atoms with E-state index in [-0.39, 0.29) is 18.1 Å². The lowest BCUT2D eigenvalue weighted by Crippen LogP contribution is -2.29. The predicted molar refractivity (Wildman–Crippen MR) is 80.7 cm³/mol. The summed E-state index contributed by atoms with van der Waals surface area (Å²) in [6.07, 6.45) is 2.00. The summed E-state index contributed by atoms with van der Waals surface area (Å²) in [5, 5.41) is 15.5. The SMILES string of the molecule is Cn1ccc(NC(=O)[C@H](C#N)C(=O)CCc2ccc(F)cc2)n1. The number of amides is 1. The van der Waals surface area contributed by atoms with E-state index < -0.39 is 17.6 Å². The molecule has 6 nitrogen and oxygen atoms in total. The summed E-state index contributed by atoms with van der Waals surface area (Å²) in [6.45, 7) is 0. The molecule has 1 heterocycles. The number of carbonyl (C=O) groups excluding carboxylic acids is 2. The normalized spacial score (nSPS) is 11.5. The smallest absolute Gasteiger partial charge is 0.250 e. The second-order valence-electron chi connectivity index (χ2n) is 5.02. The van der Waals surface area contributed by atoms with Gasteiger partial charge < -0.3 is 5.32 Å². The Balaban J connectivity index is 1.93. The number of rotatable bonds is 6. The van der Waals surface area contributed by atoms with Crippen LogP contribution in [0, 0.1) is 23.1 Å². The minimum atomic E-state index is -1.39. The first-order valence-corrected chi connectivity index (χ1v) is 6.97. The zero-order valence-corrected chi connectivity index (χ0v) is 12.5. The molecule has 0 bridgehead atoms. The number of nitrogens with one attached hydrogen (secondary N) is 1. The summed E-state index contributed by atoms with van der Waals surface area (Å²) in [6, 6.07) is 9.02. The van der Waals surface area contributed by atoms with Crippen LogP contribution in [0.25, 0.3) is 0 Å². The van der Waals surface area contributed by atoms with E-state index in [2.05, 4.69) is 10.4 Å². The zero-order chi connectivity index (χ0) is 16.8. The molecule has 0 saturated carbocycles. The van der Waals surface area contributed by atoms with Crippen molar-refractivity contribution < 1.29 is 14.0 Å². The van der Waals surface area contributed by atoms with Gasteiger partial charge in [0.2, 0.25) is 0 Å². The second kappa shape index (κ2) is 7.31. The van der Waals surface area contributed by atoms with Gasteiger partial charge in [0, 0.05) is 25.7 Å². The van der Waals surface area contributed by atoms with Gasteiger partial charge in [0.05, 0.1) is 6.07 Å².